The standard InChI is InChI=1S/C14H22N2O2S/c1-4-9(5-2)16-14-12(18-3)10(15)13(19-14)11(17)8-6-7-8/h8-9,16H,4-7,15H2,1-3H3. The minimum atomic E-state index is 0.179. The van der Waals surface area contributed by atoms with Crippen LogP contribution < -0.4 is 15.8 Å². The van der Waals surface area contributed by atoms with E-state index in [2.05, 4.69) is 19.2 Å². The number of carbonyl (C=O) groups excluding carboxylic acids is 1. The first-order chi connectivity index (χ1) is 9.12. The number of Topliss-reactive ketones (excluding diaryl/α,β-unsaturated/α-hetero) is 1. The van der Waals surface area contributed by atoms with Crippen LogP contribution >= 0.6 is 11.3 Å². The minimum absolute atomic E-state index is 0.179. The molecule has 19 heavy (non-hydrogen) atoms. The maximum atomic E-state index is 12.2. The molecule has 0 aromatic carbocycles. The van der Waals surface area contributed by atoms with E-state index in [4.69, 9.17) is 10.5 Å². The molecule has 4 nitrogen and oxygen atoms in total. The Morgan fingerprint density at radius 3 is 2.58 bits per heavy atom. The average molecular weight is 282 g/mol. The van der Waals surface area contributed by atoms with Crippen molar-refractivity contribution >= 4 is 27.8 Å². The van der Waals surface area contributed by atoms with Gasteiger partial charge in [0, 0.05) is 12.0 Å². The van der Waals surface area contributed by atoms with Gasteiger partial charge in [-0.3, -0.25) is 4.79 Å². The fraction of sp³-hybridized carbons (Fsp3) is 0.643. The number of thiophene rings is 1. The second-order valence-corrected chi connectivity index (χ2v) is 6.02. The molecule has 1 heterocycles. The van der Waals surface area contributed by atoms with Crippen molar-refractivity contribution in [3.05, 3.63) is 4.88 Å². The number of ether oxygens (including phenoxy) is 1. The number of nitrogens with one attached hydrogen (secondary N) is 1. The van der Waals surface area contributed by atoms with Crippen LogP contribution in [0.25, 0.3) is 0 Å². The van der Waals surface area contributed by atoms with E-state index in [9.17, 15) is 4.79 Å². The van der Waals surface area contributed by atoms with Crippen LogP contribution in [0.5, 0.6) is 5.75 Å². The summed E-state index contributed by atoms with van der Waals surface area (Å²) in [5, 5.41) is 4.32. The lowest BCUT2D eigenvalue weighted by Crippen LogP contribution is -2.16. The summed E-state index contributed by atoms with van der Waals surface area (Å²) in [4.78, 5) is 12.8. The number of hydrogen-bond donors (Lipinski definition) is 2. The van der Waals surface area contributed by atoms with Gasteiger partial charge in [-0.05, 0) is 25.7 Å². The molecule has 3 N–H and O–H groups in total. The molecule has 1 aliphatic rings. The van der Waals surface area contributed by atoms with Gasteiger partial charge in [0.25, 0.3) is 0 Å². The van der Waals surface area contributed by atoms with Crippen LogP contribution in [0.4, 0.5) is 10.7 Å². The highest BCUT2D eigenvalue weighted by Gasteiger charge is 2.34. The van der Waals surface area contributed by atoms with Gasteiger partial charge in [0.1, 0.15) is 5.00 Å². The summed E-state index contributed by atoms with van der Waals surface area (Å²) < 4.78 is 5.37. The Morgan fingerprint density at radius 2 is 2.11 bits per heavy atom. The second kappa shape index (κ2) is 5.82. The van der Waals surface area contributed by atoms with Crippen LogP contribution in [0.15, 0.2) is 0 Å². The first-order valence-electron chi connectivity index (χ1n) is 6.89. The van der Waals surface area contributed by atoms with Gasteiger partial charge in [-0.15, -0.1) is 11.3 Å². The summed E-state index contributed by atoms with van der Waals surface area (Å²) in [6.07, 6.45) is 4.05. The molecule has 0 spiro atoms. The topological polar surface area (TPSA) is 64.4 Å². The number of ketones is 1. The maximum absolute atomic E-state index is 12.2. The molecule has 1 saturated carbocycles. The molecule has 0 amide bonds. The third-order valence-electron chi connectivity index (χ3n) is 3.60. The van der Waals surface area contributed by atoms with Gasteiger partial charge in [0.15, 0.2) is 11.5 Å². The fourth-order valence-electron chi connectivity index (χ4n) is 2.12. The first-order valence-corrected chi connectivity index (χ1v) is 7.70. The Labute approximate surface area is 118 Å². The molecule has 1 fully saturated rings. The van der Waals surface area contributed by atoms with E-state index in [1.54, 1.807) is 7.11 Å². The summed E-state index contributed by atoms with van der Waals surface area (Å²) in [7, 11) is 1.60. The lowest BCUT2D eigenvalue weighted by molar-refractivity contribution is 0.0972. The molecule has 106 valence electrons. The molecule has 1 aliphatic carbocycles. The Kier molecular flexibility index (Phi) is 4.34. The van der Waals surface area contributed by atoms with Crippen LogP contribution in [0.3, 0.4) is 0 Å². The molecule has 0 saturated heterocycles. The van der Waals surface area contributed by atoms with Crippen molar-refractivity contribution < 1.29 is 9.53 Å². The number of nitrogens with two attached hydrogens (primary N) is 1. The highest BCUT2D eigenvalue weighted by atomic mass is 32.1. The maximum Gasteiger partial charge on any atom is 0.178 e. The number of carbonyl (C=O) groups is 1. The number of rotatable bonds is 7. The van der Waals surface area contributed by atoms with E-state index < -0.39 is 0 Å². The van der Waals surface area contributed by atoms with E-state index in [1.807, 2.05) is 0 Å². The van der Waals surface area contributed by atoms with Gasteiger partial charge in [-0.25, -0.2) is 0 Å². The molecule has 1 aromatic heterocycles. The van der Waals surface area contributed by atoms with Crippen LogP contribution in [0.1, 0.15) is 49.2 Å². The van der Waals surface area contributed by atoms with Gasteiger partial charge in [0.05, 0.1) is 17.7 Å². The fourth-order valence-corrected chi connectivity index (χ4v) is 3.30. The Hall–Kier alpha value is -1.23. The van der Waals surface area contributed by atoms with Crippen molar-refractivity contribution in [3.63, 3.8) is 0 Å². The Morgan fingerprint density at radius 1 is 1.47 bits per heavy atom. The molecule has 0 atom stereocenters. The number of hydrogen-bond acceptors (Lipinski definition) is 5. The number of anilines is 2. The van der Waals surface area contributed by atoms with Gasteiger partial charge < -0.3 is 15.8 Å². The molecular weight excluding hydrogens is 260 g/mol. The largest absolute Gasteiger partial charge is 0.492 e. The highest BCUT2D eigenvalue weighted by Crippen LogP contribution is 2.46. The average Bonchev–Trinajstić information content (AvgIpc) is 3.21. The van der Waals surface area contributed by atoms with Gasteiger partial charge >= 0.3 is 0 Å². The van der Waals surface area contributed by atoms with Crippen LogP contribution in [-0.4, -0.2) is 18.9 Å². The summed E-state index contributed by atoms with van der Waals surface area (Å²) in [6, 6.07) is 0.385. The zero-order valence-corrected chi connectivity index (χ0v) is 12.6. The molecule has 0 unspecified atom stereocenters. The molecule has 0 radical (unpaired) electrons. The predicted octanol–water partition coefficient (Wildman–Crippen LogP) is 3.53. The van der Waals surface area contributed by atoms with E-state index >= 15 is 0 Å². The molecule has 2 rings (SSSR count). The van der Waals surface area contributed by atoms with Gasteiger partial charge in [-0.2, -0.15) is 0 Å². The van der Waals surface area contributed by atoms with Crippen molar-refractivity contribution in [2.24, 2.45) is 5.92 Å². The second-order valence-electron chi connectivity index (χ2n) is 5.00. The van der Waals surface area contributed by atoms with E-state index in [0.717, 1.165) is 30.7 Å². The molecule has 0 bridgehead atoms. The Bertz CT molecular complexity index is 462. The highest BCUT2D eigenvalue weighted by molar-refractivity contribution is 7.19. The van der Waals surface area contributed by atoms with Crippen molar-refractivity contribution in [1.82, 2.24) is 0 Å². The molecule has 5 heteroatoms. The summed E-state index contributed by atoms with van der Waals surface area (Å²) in [6.45, 7) is 4.28. The van der Waals surface area contributed by atoms with Crippen molar-refractivity contribution in [1.29, 1.82) is 0 Å². The van der Waals surface area contributed by atoms with Crippen molar-refractivity contribution in [2.75, 3.05) is 18.2 Å². The molecular formula is C14H22N2O2S. The van der Waals surface area contributed by atoms with Crippen molar-refractivity contribution in [3.8, 4) is 5.75 Å². The lowest BCUT2D eigenvalue weighted by atomic mass is 10.2. The van der Waals surface area contributed by atoms with Gasteiger partial charge in [0.2, 0.25) is 0 Å². The van der Waals surface area contributed by atoms with E-state index in [0.29, 0.717) is 22.4 Å². The monoisotopic (exact) mass is 282 g/mol. The third kappa shape index (κ3) is 2.86. The molecule has 0 aliphatic heterocycles. The smallest absolute Gasteiger partial charge is 0.178 e. The third-order valence-corrected chi connectivity index (χ3v) is 4.73. The van der Waals surface area contributed by atoms with Crippen molar-refractivity contribution in [2.45, 2.75) is 45.6 Å². The summed E-state index contributed by atoms with van der Waals surface area (Å²) >= 11 is 1.44. The summed E-state index contributed by atoms with van der Waals surface area (Å²) in [5.74, 6) is 0.992. The SMILES string of the molecule is CCC(CC)Nc1sc(C(=O)C2CC2)c(N)c1OC. The lowest BCUT2D eigenvalue weighted by Gasteiger charge is -2.15. The van der Waals surface area contributed by atoms with E-state index in [1.165, 1.54) is 11.3 Å². The van der Waals surface area contributed by atoms with Crippen LogP contribution in [0, 0.1) is 5.92 Å². The molecule has 1 aromatic rings. The van der Waals surface area contributed by atoms with E-state index in [-0.39, 0.29) is 11.7 Å². The predicted molar refractivity (Wildman–Crippen MR) is 80.3 cm³/mol. The Balaban J connectivity index is 2.27. The quantitative estimate of drug-likeness (QED) is 0.751. The first kappa shape index (κ1) is 14.2. The number of methoxy groups -OCH3 is 1. The summed E-state index contributed by atoms with van der Waals surface area (Å²) in [5.41, 5.74) is 6.56. The number of nitrogen functional groups attached to an aromatic ring is 1. The van der Waals surface area contributed by atoms with Crippen LogP contribution in [0.2, 0.25) is 0 Å². The zero-order chi connectivity index (χ0) is 14.0. The minimum Gasteiger partial charge on any atom is -0.492 e. The van der Waals surface area contributed by atoms with Crippen LogP contribution in [-0.2, 0) is 0 Å². The normalized spacial score (nSPS) is 14.7. The van der Waals surface area contributed by atoms with Gasteiger partial charge in [-0.1, -0.05) is 13.8 Å². The zero-order valence-electron chi connectivity index (χ0n) is 11.8.